The summed E-state index contributed by atoms with van der Waals surface area (Å²) in [6, 6.07) is 14.2. The van der Waals surface area contributed by atoms with Crippen molar-refractivity contribution in [3.8, 4) is 0 Å². The van der Waals surface area contributed by atoms with E-state index in [-0.39, 0.29) is 0 Å². The molecule has 0 amide bonds. The first-order chi connectivity index (χ1) is 9.63. The predicted octanol–water partition coefficient (Wildman–Crippen LogP) is 4.22. The summed E-state index contributed by atoms with van der Waals surface area (Å²) < 4.78 is 12.5. The van der Waals surface area contributed by atoms with E-state index in [1.54, 1.807) is 11.3 Å². The predicted molar refractivity (Wildman–Crippen MR) is 85.6 cm³/mol. The summed E-state index contributed by atoms with van der Waals surface area (Å²) in [6.07, 6.45) is 0. The van der Waals surface area contributed by atoms with Crippen molar-refractivity contribution in [3.05, 3.63) is 58.0 Å². The first-order valence-electron chi connectivity index (χ1n) is 6.43. The van der Waals surface area contributed by atoms with Gasteiger partial charge in [0, 0.05) is 9.77 Å². The van der Waals surface area contributed by atoms with Gasteiger partial charge in [-0.3, -0.25) is 4.21 Å². The molecule has 0 N–H and O–H groups in total. The smallest absolute Gasteiger partial charge is 0.0900 e. The van der Waals surface area contributed by atoms with Gasteiger partial charge in [-0.1, -0.05) is 30.3 Å². The SMILES string of the molecule is Cc1nc(C)c(C[S@@](=O)c2ccc3ccccc3c2)s1. The topological polar surface area (TPSA) is 30.0 Å². The number of nitrogens with zero attached hydrogens (tertiary/aromatic N) is 1. The maximum atomic E-state index is 12.5. The van der Waals surface area contributed by atoms with E-state index >= 15 is 0 Å². The zero-order valence-corrected chi connectivity index (χ0v) is 13.1. The number of aryl methyl sites for hydroxylation is 2. The van der Waals surface area contributed by atoms with Crippen molar-refractivity contribution in [1.29, 1.82) is 0 Å². The fourth-order valence-electron chi connectivity index (χ4n) is 2.22. The molecule has 1 atom stereocenters. The molecule has 0 aliphatic heterocycles. The Morgan fingerprint density at radius 2 is 1.85 bits per heavy atom. The van der Waals surface area contributed by atoms with Crippen LogP contribution in [0.15, 0.2) is 47.4 Å². The third kappa shape index (κ3) is 2.67. The van der Waals surface area contributed by atoms with Crippen LogP contribution in [0.2, 0.25) is 0 Å². The van der Waals surface area contributed by atoms with Crippen molar-refractivity contribution in [2.45, 2.75) is 24.5 Å². The minimum Gasteiger partial charge on any atom is -0.254 e. The van der Waals surface area contributed by atoms with Gasteiger partial charge in [0.15, 0.2) is 0 Å². The molecule has 0 saturated carbocycles. The molecule has 2 nitrogen and oxygen atoms in total. The average molecular weight is 301 g/mol. The van der Waals surface area contributed by atoms with Crippen molar-refractivity contribution in [2.24, 2.45) is 0 Å². The zero-order valence-electron chi connectivity index (χ0n) is 11.4. The number of fused-ring (bicyclic) bond motifs is 1. The summed E-state index contributed by atoms with van der Waals surface area (Å²) in [5.41, 5.74) is 1.00. The molecule has 3 rings (SSSR count). The highest BCUT2D eigenvalue weighted by molar-refractivity contribution is 7.84. The van der Waals surface area contributed by atoms with Gasteiger partial charge in [-0.05, 0) is 36.8 Å². The Hall–Kier alpha value is -1.52. The van der Waals surface area contributed by atoms with Crippen LogP contribution in [-0.2, 0) is 16.6 Å². The fourth-order valence-corrected chi connectivity index (χ4v) is 4.60. The maximum Gasteiger partial charge on any atom is 0.0900 e. The lowest BCUT2D eigenvalue weighted by Crippen LogP contribution is -1.96. The van der Waals surface area contributed by atoms with E-state index in [1.807, 2.05) is 44.2 Å². The molecule has 4 heteroatoms. The van der Waals surface area contributed by atoms with Gasteiger partial charge in [0.1, 0.15) is 0 Å². The Labute approximate surface area is 124 Å². The van der Waals surface area contributed by atoms with E-state index < -0.39 is 10.8 Å². The molecule has 3 aromatic rings. The van der Waals surface area contributed by atoms with Crippen LogP contribution in [0.25, 0.3) is 10.8 Å². The molecule has 0 unspecified atom stereocenters. The quantitative estimate of drug-likeness (QED) is 0.725. The lowest BCUT2D eigenvalue weighted by molar-refractivity contribution is 0.683. The van der Waals surface area contributed by atoms with Gasteiger partial charge in [0.25, 0.3) is 0 Å². The summed E-state index contributed by atoms with van der Waals surface area (Å²) in [5, 5.41) is 3.35. The fraction of sp³-hybridized carbons (Fsp3) is 0.188. The number of hydrogen-bond acceptors (Lipinski definition) is 3. The molecular weight excluding hydrogens is 286 g/mol. The largest absolute Gasteiger partial charge is 0.254 e. The van der Waals surface area contributed by atoms with Crippen LogP contribution in [0.4, 0.5) is 0 Å². The van der Waals surface area contributed by atoms with Crippen molar-refractivity contribution in [2.75, 3.05) is 0 Å². The molecule has 1 aromatic heterocycles. The molecule has 0 radical (unpaired) electrons. The third-order valence-corrected chi connectivity index (χ3v) is 5.83. The van der Waals surface area contributed by atoms with Gasteiger partial charge >= 0.3 is 0 Å². The average Bonchev–Trinajstić information content (AvgIpc) is 2.76. The Balaban J connectivity index is 1.90. The van der Waals surface area contributed by atoms with Crippen molar-refractivity contribution in [3.63, 3.8) is 0 Å². The highest BCUT2D eigenvalue weighted by Crippen LogP contribution is 2.23. The van der Waals surface area contributed by atoms with Crippen LogP contribution in [0.1, 0.15) is 15.6 Å². The molecule has 2 aromatic carbocycles. The van der Waals surface area contributed by atoms with Gasteiger partial charge in [-0.25, -0.2) is 4.98 Å². The molecule has 0 saturated heterocycles. The molecule has 0 fully saturated rings. The van der Waals surface area contributed by atoms with Crippen molar-refractivity contribution >= 4 is 32.9 Å². The number of benzene rings is 2. The summed E-state index contributed by atoms with van der Waals surface area (Å²) in [6.45, 7) is 3.97. The van der Waals surface area contributed by atoms with Gasteiger partial charge in [-0.15, -0.1) is 11.3 Å². The Bertz CT molecular complexity index is 792. The molecule has 0 spiro atoms. The van der Waals surface area contributed by atoms with Gasteiger partial charge in [0.2, 0.25) is 0 Å². The third-order valence-electron chi connectivity index (χ3n) is 3.25. The minimum atomic E-state index is -1.02. The van der Waals surface area contributed by atoms with Crippen molar-refractivity contribution in [1.82, 2.24) is 4.98 Å². The second kappa shape index (κ2) is 5.46. The van der Waals surface area contributed by atoms with Gasteiger partial charge < -0.3 is 0 Å². The first-order valence-corrected chi connectivity index (χ1v) is 8.57. The summed E-state index contributed by atoms with van der Waals surface area (Å²) >= 11 is 1.64. The Kier molecular flexibility index (Phi) is 3.68. The summed E-state index contributed by atoms with van der Waals surface area (Å²) in [7, 11) is -1.02. The van der Waals surface area contributed by atoms with Crippen molar-refractivity contribution < 1.29 is 4.21 Å². The number of aromatic nitrogens is 1. The first kappa shape index (κ1) is 13.5. The number of hydrogen-bond donors (Lipinski definition) is 0. The lowest BCUT2D eigenvalue weighted by Gasteiger charge is -2.03. The molecular formula is C16H15NOS2. The lowest BCUT2D eigenvalue weighted by atomic mass is 10.1. The molecule has 0 aliphatic rings. The van der Waals surface area contributed by atoms with Crippen LogP contribution in [0, 0.1) is 13.8 Å². The van der Waals surface area contributed by atoms with Gasteiger partial charge in [0.05, 0.1) is 27.3 Å². The second-order valence-electron chi connectivity index (χ2n) is 4.74. The zero-order chi connectivity index (χ0) is 14.1. The van der Waals surface area contributed by atoms with Crippen LogP contribution in [0.5, 0.6) is 0 Å². The second-order valence-corrected chi connectivity index (χ2v) is 7.48. The highest BCUT2D eigenvalue weighted by atomic mass is 32.2. The number of rotatable bonds is 3. The van der Waals surface area contributed by atoms with Crippen LogP contribution < -0.4 is 0 Å². The Morgan fingerprint density at radius 1 is 1.10 bits per heavy atom. The summed E-state index contributed by atoms with van der Waals surface area (Å²) in [4.78, 5) is 6.39. The van der Waals surface area contributed by atoms with E-state index in [2.05, 4.69) is 17.1 Å². The van der Waals surface area contributed by atoms with E-state index in [0.717, 1.165) is 25.9 Å². The van der Waals surface area contributed by atoms with Gasteiger partial charge in [-0.2, -0.15) is 0 Å². The van der Waals surface area contributed by atoms with E-state index in [1.165, 1.54) is 5.39 Å². The van der Waals surface area contributed by atoms with E-state index in [9.17, 15) is 4.21 Å². The Morgan fingerprint density at radius 3 is 2.55 bits per heavy atom. The molecule has 1 heterocycles. The minimum absolute atomic E-state index is 0.551. The standard InChI is InChI=1S/C16H15NOS2/c1-11-16(19-12(2)17-11)10-20(18)15-8-7-13-5-3-4-6-14(13)9-15/h3-9H,10H2,1-2H3/t20-/m1/s1. The van der Waals surface area contributed by atoms with E-state index in [0.29, 0.717) is 5.75 Å². The van der Waals surface area contributed by atoms with Crippen LogP contribution in [-0.4, -0.2) is 9.19 Å². The highest BCUT2D eigenvalue weighted by Gasteiger charge is 2.11. The summed E-state index contributed by atoms with van der Waals surface area (Å²) in [5.74, 6) is 0.551. The van der Waals surface area contributed by atoms with E-state index in [4.69, 9.17) is 0 Å². The monoisotopic (exact) mass is 301 g/mol. The molecule has 20 heavy (non-hydrogen) atoms. The van der Waals surface area contributed by atoms with Crippen LogP contribution >= 0.6 is 11.3 Å². The van der Waals surface area contributed by atoms with Crippen LogP contribution in [0.3, 0.4) is 0 Å². The molecule has 0 aliphatic carbocycles. The normalized spacial score (nSPS) is 12.7. The maximum absolute atomic E-state index is 12.5. The molecule has 0 bridgehead atoms. The molecule has 102 valence electrons. The number of thiazole rings is 1.